The van der Waals surface area contributed by atoms with Gasteiger partial charge in [-0.15, -0.1) is 0 Å². The van der Waals surface area contributed by atoms with Gasteiger partial charge in [0, 0.05) is 6.92 Å². The Balaban J connectivity index is -0.0000000815. The smallest absolute Gasteiger partial charge is 0.418 e. The molecule has 0 bridgehead atoms. The van der Waals surface area contributed by atoms with Crippen LogP contribution in [0.5, 0.6) is 0 Å². The lowest BCUT2D eigenvalue weighted by Gasteiger charge is -2.30. The largest absolute Gasteiger partial charge is 1.00 e. The third-order valence-corrected chi connectivity index (χ3v) is 2.29. The molecule has 0 aromatic rings. The summed E-state index contributed by atoms with van der Waals surface area (Å²) in [6.45, 7) is 11.9. The number of hydrogen-bond acceptors (Lipinski definition) is 1. The van der Waals surface area contributed by atoms with E-state index in [1.807, 2.05) is 0 Å². The second kappa shape index (κ2) is 10.7. The SMILES string of the molecule is CC#N.CC[N+](C)(CC)CC.F[B-](F)(F)F.[H+]. The Morgan fingerprint density at radius 3 is 1.19 bits per heavy atom. The summed E-state index contributed by atoms with van der Waals surface area (Å²) >= 11 is 0. The Labute approximate surface area is 97.0 Å². The standard InChI is InChI=1S/C7H18N.C2H3N.BF4/c1-5-8(4,6-2)7-3;1-2-3;2-1(3,4)5/h5-7H2,1-4H3;1H3;/q+1;;-1/p+1. The predicted molar refractivity (Wildman–Crippen MR) is 60.4 cm³/mol. The molecule has 0 radical (unpaired) electrons. The van der Waals surface area contributed by atoms with Gasteiger partial charge in [0.1, 0.15) is 0 Å². The van der Waals surface area contributed by atoms with Gasteiger partial charge in [-0.3, -0.25) is 0 Å². The highest BCUT2D eigenvalue weighted by molar-refractivity contribution is 6.50. The Kier molecular flexibility index (Phi) is 13.8. The fourth-order valence-corrected chi connectivity index (χ4v) is 0.671. The van der Waals surface area contributed by atoms with Crippen molar-refractivity contribution in [3.8, 4) is 6.07 Å². The first-order valence-corrected chi connectivity index (χ1v) is 5.11. The molecule has 98 valence electrons. The third kappa shape index (κ3) is 29.2. The van der Waals surface area contributed by atoms with Gasteiger partial charge < -0.3 is 21.7 Å². The molecule has 0 N–H and O–H groups in total. The highest BCUT2D eigenvalue weighted by atomic mass is 19.5. The van der Waals surface area contributed by atoms with Crippen molar-refractivity contribution >= 4 is 7.25 Å². The van der Waals surface area contributed by atoms with Crippen LogP contribution in [0.25, 0.3) is 0 Å². The summed E-state index contributed by atoms with van der Waals surface area (Å²) in [4.78, 5) is 0. The molecule has 0 aliphatic carbocycles. The molecule has 2 nitrogen and oxygen atoms in total. The van der Waals surface area contributed by atoms with Crippen molar-refractivity contribution in [2.24, 2.45) is 0 Å². The molecule has 0 aliphatic heterocycles. The van der Waals surface area contributed by atoms with Crippen LogP contribution < -0.4 is 0 Å². The van der Waals surface area contributed by atoms with Crippen LogP contribution in [0.3, 0.4) is 0 Å². The van der Waals surface area contributed by atoms with E-state index in [-0.39, 0.29) is 1.43 Å². The molecule has 0 aliphatic rings. The average molecular weight is 245 g/mol. The normalized spacial score (nSPS) is 10.2. The van der Waals surface area contributed by atoms with Gasteiger partial charge in [-0.1, -0.05) is 0 Å². The molecule has 0 saturated heterocycles. The van der Waals surface area contributed by atoms with Crippen molar-refractivity contribution < 1.29 is 23.2 Å². The molecule has 0 aromatic carbocycles. The highest BCUT2D eigenvalue weighted by Gasteiger charge is 2.20. The molecular formula is C9H22BF4N2+. The molecule has 0 aromatic heterocycles. The van der Waals surface area contributed by atoms with Gasteiger partial charge in [-0.25, -0.2) is 0 Å². The lowest BCUT2D eigenvalue weighted by Crippen LogP contribution is -2.42. The molecule has 7 heteroatoms. The van der Waals surface area contributed by atoms with Crippen molar-refractivity contribution in [3.05, 3.63) is 0 Å². The summed E-state index contributed by atoms with van der Waals surface area (Å²) in [7, 11) is -3.71. The highest BCUT2D eigenvalue weighted by Crippen LogP contribution is 2.06. The van der Waals surface area contributed by atoms with E-state index in [4.69, 9.17) is 5.26 Å². The van der Waals surface area contributed by atoms with E-state index < -0.39 is 7.25 Å². The van der Waals surface area contributed by atoms with Gasteiger partial charge >= 0.3 is 8.68 Å². The number of hydrogen-bond donors (Lipinski definition) is 0. The predicted octanol–water partition coefficient (Wildman–Crippen LogP) is 3.44. The summed E-state index contributed by atoms with van der Waals surface area (Å²) in [5, 5.41) is 7.32. The second-order valence-electron chi connectivity index (χ2n) is 3.29. The van der Waals surface area contributed by atoms with Crippen molar-refractivity contribution in [2.75, 3.05) is 26.7 Å². The number of halogens is 4. The van der Waals surface area contributed by atoms with E-state index in [0.717, 1.165) is 0 Å². The van der Waals surface area contributed by atoms with Gasteiger partial charge in [0.25, 0.3) is 0 Å². The summed E-state index contributed by atoms with van der Waals surface area (Å²) in [5.41, 5.74) is 0. The maximum atomic E-state index is 9.75. The van der Waals surface area contributed by atoms with Crippen LogP contribution in [0.15, 0.2) is 0 Å². The molecule has 0 fully saturated rings. The second-order valence-corrected chi connectivity index (χ2v) is 3.29. The van der Waals surface area contributed by atoms with Crippen LogP contribution >= 0.6 is 0 Å². The van der Waals surface area contributed by atoms with Crippen molar-refractivity contribution in [2.45, 2.75) is 27.7 Å². The lowest BCUT2D eigenvalue weighted by molar-refractivity contribution is -0.904. The topological polar surface area (TPSA) is 23.8 Å². The van der Waals surface area contributed by atoms with Crippen molar-refractivity contribution in [1.82, 2.24) is 0 Å². The Hall–Kier alpha value is -0.765. The van der Waals surface area contributed by atoms with Gasteiger partial charge in [0.05, 0.1) is 32.8 Å². The summed E-state index contributed by atoms with van der Waals surface area (Å²) in [5.74, 6) is 0. The first-order chi connectivity index (χ1) is 7.10. The van der Waals surface area contributed by atoms with Crippen LogP contribution in [0.1, 0.15) is 29.1 Å². The Bertz CT molecular complexity index is 176. The Morgan fingerprint density at radius 1 is 1.06 bits per heavy atom. The van der Waals surface area contributed by atoms with Crippen LogP contribution in [0, 0.1) is 11.3 Å². The Morgan fingerprint density at radius 2 is 1.19 bits per heavy atom. The molecule has 0 atom stereocenters. The molecule has 0 amide bonds. The molecule has 0 heterocycles. The molecule has 0 saturated carbocycles. The lowest BCUT2D eigenvalue weighted by atomic mass is 10.3. The summed E-state index contributed by atoms with van der Waals surface area (Å²) in [6, 6.07) is 1.75. The average Bonchev–Trinajstić information content (AvgIpc) is 2.15. The number of rotatable bonds is 3. The number of nitriles is 1. The van der Waals surface area contributed by atoms with E-state index in [2.05, 4.69) is 27.8 Å². The minimum atomic E-state index is -6.00. The first kappa shape index (κ1) is 20.6. The fourth-order valence-electron chi connectivity index (χ4n) is 0.671. The zero-order chi connectivity index (χ0) is 13.8. The zero-order valence-electron chi connectivity index (χ0n) is 11.6. The van der Waals surface area contributed by atoms with Crippen molar-refractivity contribution in [1.29, 1.82) is 5.26 Å². The van der Waals surface area contributed by atoms with Crippen LogP contribution in [-0.4, -0.2) is 38.4 Å². The van der Waals surface area contributed by atoms with Gasteiger partial charge in [0.2, 0.25) is 0 Å². The monoisotopic (exact) mass is 245 g/mol. The van der Waals surface area contributed by atoms with Gasteiger partial charge in [-0.05, 0) is 20.8 Å². The summed E-state index contributed by atoms with van der Waals surface area (Å²) < 4.78 is 40.2. The molecule has 16 heavy (non-hydrogen) atoms. The maximum absolute atomic E-state index is 9.75. The van der Waals surface area contributed by atoms with Crippen LogP contribution in [-0.2, 0) is 0 Å². The first-order valence-electron chi connectivity index (χ1n) is 5.11. The maximum Gasteiger partial charge on any atom is 1.00 e. The van der Waals surface area contributed by atoms with E-state index >= 15 is 0 Å². The molecule has 0 spiro atoms. The minimum absolute atomic E-state index is 0. The van der Waals surface area contributed by atoms with Crippen molar-refractivity contribution in [3.63, 3.8) is 0 Å². The quantitative estimate of drug-likeness (QED) is 0.424. The van der Waals surface area contributed by atoms with E-state index in [1.165, 1.54) is 31.0 Å². The molecule has 0 rings (SSSR count). The van der Waals surface area contributed by atoms with E-state index in [1.54, 1.807) is 6.07 Å². The number of nitrogens with zero attached hydrogens (tertiary/aromatic N) is 2. The van der Waals surface area contributed by atoms with E-state index in [0.29, 0.717) is 0 Å². The fraction of sp³-hybridized carbons (Fsp3) is 0.889. The number of quaternary nitrogens is 1. The van der Waals surface area contributed by atoms with Crippen LogP contribution in [0.4, 0.5) is 17.3 Å². The van der Waals surface area contributed by atoms with Gasteiger partial charge in [0.15, 0.2) is 0 Å². The van der Waals surface area contributed by atoms with E-state index in [9.17, 15) is 17.3 Å². The molecule has 0 unspecified atom stereocenters. The third-order valence-electron chi connectivity index (χ3n) is 2.29. The summed E-state index contributed by atoms with van der Waals surface area (Å²) in [6.07, 6.45) is 0. The van der Waals surface area contributed by atoms with Gasteiger partial charge in [-0.2, -0.15) is 5.26 Å². The zero-order valence-corrected chi connectivity index (χ0v) is 10.6. The molecular weight excluding hydrogens is 223 g/mol. The van der Waals surface area contributed by atoms with Crippen LogP contribution in [0.2, 0.25) is 0 Å². The minimum Gasteiger partial charge on any atom is -0.418 e.